The summed E-state index contributed by atoms with van der Waals surface area (Å²) in [6, 6.07) is 20.6. The lowest BCUT2D eigenvalue weighted by Gasteiger charge is -2.40. The second kappa shape index (κ2) is 10.6. The number of guanidine groups is 1. The fourth-order valence-corrected chi connectivity index (χ4v) is 4.64. The van der Waals surface area contributed by atoms with Gasteiger partial charge in [-0.3, -0.25) is 4.90 Å². The van der Waals surface area contributed by atoms with E-state index in [1.54, 1.807) is 18.2 Å². The highest BCUT2D eigenvalue weighted by Crippen LogP contribution is 2.35. The van der Waals surface area contributed by atoms with Gasteiger partial charge in [-0.05, 0) is 47.9 Å². The molecule has 0 amide bonds. The van der Waals surface area contributed by atoms with Crippen molar-refractivity contribution in [3.63, 3.8) is 0 Å². The Morgan fingerprint density at radius 3 is 2.27 bits per heavy atom. The molecule has 1 saturated heterocycles. The van der Waals surface area contributed by atoms with Gasteiger partial charge in [0.25, 0.3) is 0 Å². The lowest BCUT2D eigenvalue weighted by molar-refractivity contribution is 0.149. The van der Waals surface area contributed by atoms with Crippen molar-refractivity contribution in [3.8, 4) is 0 Å². The van der Waals surface area contributed by atoms with Crippen molar-refractivity contribution in [1.82, 2.24) is 9.80 Å². The first-order valence-electron chi connectivity index (χ1n) is 11.0. The van der Waals surface area contributed by atoms with E-state index in [0.717, 1.165) is 37.3 Å². The van der Waals surface area contributed by atoms with E-state index >= 15 is 0 Å². The summed E-state index contributed by atoms with van der Waals surface area (Å²) in [5, 5.41) is 1.29. The Bertz CT molecular complexity index is 1110. The molecule has 1 unspecified atom stereocenters. The van der Waals surface area contributed by atoms with Crippen LogP contribution in [0.3, 0.4) is 0 Å². The molecule has 0 radical (unpaired) electrons. The van der Waals surface area contributed by atoms with Crippen molar-refractivity contribution >= 4 is 29.2 Å². The second-order valence-corrected chi connectivity index (χ2v) is 9.15. The maximum Gasteiger partial charge on any atom is 0.191 e. The third kappa shape index (κ3) is 5.85. The van der Waals surface area contributed by atoms with Crippen LogP contribution in [0.4, 0.5) is 4.39 Å². The molecule has 0 spiro atoms. The van der Waals surface area contributed by atoms with E-state index in [4.69, 9.17) is 28.9 Å². The van der Waals surface area contributed by atoms with Gasteiger partial charge in [0.1, 0.15) is 5.82 Å². The van der Waals surface area contributed by atoms with E-state index in [0.29, 0.717) is 22.5 Å². The van der Waals surface area contributed by atoms with E-state index in [1.165, 1.54) is 23.3 Å². The molecule has 2 N–H and O–H groups in total. The predicted octanol–water partition coefficient (Wildman–Crippen LogP) is 5.66. The minimum absolute atomic E-state index is 0.0231. The molecule has 3 aromatic rings. The number of nitrogens with two attached hydrogens (primary N) is 1. The predicted molar refractivity (Wildman–Crippen MR) is 134 cm³/mol. The Kier molecular flexibility index (Phi) is 7.53. The Morgan fingerprint density at radius 2 is 1.64 bits per heavy atom. The van der Waals surface area contributed by atoms with Crippen molar-refractivity contribution in [2.24, 2.45) is 10.7 Å². The molecule has 0 saturated carbocycles. The SMILES string of the molecule is Cc1ccc(C(c2ccc(Cl)cc2Cl)N2CCN(C(N)=NCc3ccc(F)cc3)CC2)cc1. The van der Waals surface area contributed by atoms with Gasteiger partial charge in [0, 0.05) is 36.2 Å². The van der Waals surface area contributed by atoms with Gasteiger partial charge in [-0.15, -0.1) is 0 Å². The fraction of sp³-hybridized carbons (Fsp3) is 0.269. The van der Waals surface area contributed by atoms with Crippen molar-refractivity contribution in [1.29, 1.82) is 0 Å². The third-order valence-corrected chi connectivity index (χ3v) is 6.55. The number of piperazine rings is 1. The molecule has 1 aliphatic rings. The Balaban J connectivity index is 1.49. The Labute approximate surface area is 204 Å². The molecule has 4 rings (SSSR count). The summed E-state index contributed by atoms with van der Waals surface area (Å²) in [5.41, 5.74) is 10.6. The van der Waals surface area contributed by atoms with Crippen molar-refractivity contribution in [3.05, 3.63) is 105 Å². The van der Waals surface area contributed by atoms with Crippen LogP contribution in [0.15, 0.2) is 71.7 Å². The molecular formula is C26H27Cl2FN4. The largest absolute Gasteiger partial charge is 0.370 e. The summed E-state index contributed by atoms with van der Waals surface area (Å²) < 4.78 is 13.1. The van der Waals surface area contributed by atoms with Crippen LogP contribution in [-0.2, 0) is 6.54 Å². The van der Waals surface area contributed by atoms with Gasteiger partial charge in [-0.25, -0.2) is 9.38 Å². The van der Waals surface area contributed by atoms with Crippen molar-refractivity contribution in [2.45, 2.75) is 19.5 Å². The van der Waals surface area contributed by atoms with Gasteiger partial charge in [0.15, 0.2) is 5.96 Å². The highest BCUT2D eigenvalue weighted by atomic mass is 35.5. The monoisotopic (exact) mass is 484 g/mol. The fourth-order valence-electron chi connectivity index (χ4n) is 4.13. The maximum atomic E-state index is 13.1. The summed E-state index contributed by atoms with van der Waals surface area (Å²) in [6.07, 6.45) is 0. The average Bonchev–Trinajstić information content (AvgIpc) is 2.81. The van der Waals surface area contributed by atoms with Gasteiger partial charge >= 0.3 is 0 Å². The number of aliphatic imine (C=N–C) groups is 1. The Hall–Kier alpha value is -2.60. The molecule has 1 fully saturated rings. The lowest BCUT2D eigenvalue weighted by Crippen LogP contribution is -2.52. The zero-order chi connectivity index (χ0) is 23.4. The van der Waals surface area contributed by atoms with Crippen LogP contribution in [0, 0.1) is 12.7 Å². The molecule has 1 heterocycles. The number of benzene rings is 3. The third-order valence-electron chi connectivity index (χ3n) is 5.99. The number of halogens is 3. The molecule has 172 valence electrons. The smallest absolute Gasteiger partial charge is 0.191 e. The Morgan fingerprint density at radius 1 is 0.970 bits per heavy atom. The molecule has 0 bridgehead atoms. The van der Waals surface area contributed by atoms with Gasteiger partial charge in [-0.1, -0.05) is 71.2 Å². The van der Waals surface area contributed by atoms with E-state index in [-0.39, 0.29) is 11.9 Å². The molecule has 7 heteroatoms. The molecule has 1 atom stereocenters. The number of hydrogen-bond acceptors (Lipinski definition) is 2. The zero-order valence-corrected chi connectivity index (χ0v) is 20.0. The van der Waals surface area contributed by atoms with Crippen LogP contribution in [-0.4, -0.2) is 41.9 Å². The molecule has 3 aromatic carbocycles. The number of nitrogens with zero attached hydrogens (tertiary/aromatic N) is 3. The van der Waals surface area contributed by atoms with Crippen molar-refractivity contribution < 1.29 is 4.39 Å². The van der Waals surface area contributed by atoms with Gasteiger partial charge in [0.05, 0.1) is 12.6 Å². The molecule has 0 aliphatic carbocycles. The first-order valence-corrected chi connectivity index (χ1v) is 11.7. The zero-order valence-electron chi connectivity index (χ0n) is 18.5. The van der Waals surface area contributed by atoms with Gasteiger partial charge in [-0.2, -0.15) is 0 Å². The van der Waals surface area contributed by atoms with Crippen LogP contribution in [0.2, 0.25) is 10.0 Å². The van der Waals surface area contributed by atoms with E-state index in [2.05, 4.69) is 46.0 Å². The summed E-state index contributed by atoms with van der Waals surface area (Å²) in [4.78, 5) is 9.02. The first kappa shape index (κ1) is 23.6. The topological polar surface area (TPSA) is 44.9 Å². The quantitative estimate of drug-likeness (QED) is 0.375. The molecule has 33 heavy (non-hydrogen) atoms. The van der Waals surface area contributed by atoms with Crippen LogP contribution < -0.4 is 5.73 Å². The lowest BCUT2D eigenvalue weighted by atomic mass is 9.95. The highest BCUT2D eigenvalue weighted by Gasteiger charge is 2.28. The van der Waals surface area contributed by atoms with E-state index in [1.807, 2.05) is 12.1 Å². The maximum absolute atomic E-state index is 13.1. The number of aryl methyl sites for hydroxylation is 1. The molecular weight excluding hydrogens is 458 g/mol. The van der Waals surface area contributed by atoms with Crippen LogP contribution in [0.25, 0.3) is 0 Å². The number of rotatable bonds is 5. The summed E-state index contributed by atoms with van der Waals surface area (Å²) >= 11 is 12.8. The highest BCUT2D eigenvalue weighted by molar-refractivity contribution is 6.35. The van der Waals surface area contributed by atoms with E-state index < -0.39 is 0 Å². The standard InChI is InChI=1S/C26H27Cl2FN4/c1-18-2-6-20(7-3-18)25(23-11-8-21(27)16-24(23)28)32-12-14-33(15-13-32)26(30)31-17-19-4-9-22(29)10-5-19/h2-11,16,25H,12-15,17H2,1H3,(H2,30,31). The van der Waals surface area contributed by atoms with Crippen LogP contribution in [0.1, 0.15) is 28.3 Å². The second-order valence-electron chi connectivity index (χ2n) is 8.30. The molecule has 1 aliphatic heterocycles. The van der Waals surface area contributed by atoms with Gasteiger partial charge in [0.2, 0.25) is 0 Å². The van der Waals surface area contributed by atoms with Crippen LogP contribution >= 0.6 is 23.2 Å². The number of hydrogen-bond donors (Lipinski definition) is 1. The van der Waals surface area contributed by atoms with E-state index in [9.17, 15) is 4.39 Å². The minimum atomic E-state index is -0.254. The normalized spacial score (nSPS) is 16.1. The summed E-state index contributed by atoms with van der Waals surface area (Å²) in [5.74, 6) is 0.256. The van der Waals surface area contributed by atoms with Crippen LogP contribution in [0.5, 0.6) is 0 Å². The van der Waals surface area contributed by atoms with Crippen molar-refractivity contribution in [2.75, 3.05) is 26.2 Å². The minimum Gasteiger partial charge on any atom is -0.370 e. The molecule has 0 aromatic heterocycles. The first-order chi connectivity index (χ1) is 15.9. The summed E-state index contributed by atoms with van der Waals surface area (Å²) in [7, 11) is 0. The molecule has 4 nitrogen and oxygen atoms in total. The average molecular weight is 485 g/mol. The van der Waals surface area contributed by atoms with Gasteiger partial charge < -0.3 is 10.6 Å². The summed E-state index contributed by atoms with van der Waals surface area (Å²) in [6.45, 7) is 5.65.